The van der Waals surface area contributed by atoms with Crippen LogP contribution in [0.4, 0.5) is 0 Å². The average molecular weight is 218 g/mol. The number of benzene rings is 1. The molecule has 0 atom stereocenters. The van der Waals surface area contributed by atoms with Crippen LogP contribution >= 0.6 is 0 Å². The summed E-state index contributed by atoms with van der Waals surface area (Å²) in [6.45, 7) is 1.86. The van der Waals surface area contributed by atoms with Crippen LogP contribution in [0.1, 0.15) is 11.1 Å². The fraction of sp³-hybridized carbons (Fsp3) is 0.167. The molecule has 0 spiro atoms. The van der Waals surface area contributed by atoms with Crippen molar-refractivity contribution < 1.29 is 14.3 Å². The van der Waals surface area contributed by atoms with Gasteiger partial charge in [-0.25, -0.2) is 0 Å². The third-order valence-corrected chi connectivity index (χ3v) is 2.34. The van der Waals surface area contributed by atoms with Gasteiger partial charge in [0.15, 0.2) is 5.43 Å². The Kier molecular flexibility index (Phi) is 2.48. The predicted molar refractivity (Wildman–Crippen MR) is 58.6 cm³/mol. The van der Waals surface area contributed by atoms with Crippen LogP contribution in [-0.4, -0.2) is 11.1 Å². The maximum Gasteiger partial charge on any atom is 0.308 e. The van der Waals surface area contributed by atoms with Crippen molar-refractivity contribution in [3.05, 3.63) is 45.8 Å². The van der Waals surface area contributed by atoms with Crippen molar-refractivity contribution in [3.63, 3.8) is 0 Å². The maximum absolute atomic E-state index is 11.9. The van der Waals surface area contributed by atoms with Crippen LogP contribution in [0, 0.1) is 6.92 Å². The average Bonchev–Trinajstić information content (AvgIpc) is 2.22. The van der Waals surface area contributed by atoms with Gasteiger partial charge >= 0.3 is 5.97 Å². The van der Waals surface area contributed by atoms with Gasteiger partial charge in [-0.15, -0.1) is 0 Å². The van der Waals surface area contributed by atoms with Crippen molar-refractivity contribution in [2.24, 2.45) is 0 Å². The number of rotatable bonds is 2. The molecule has 2 rings (SSSR count). The number of carboxylic acid groups (broad SMARTS) is 1. The number of carbonyl (C=O) groups is 1. The molecule has 0 unspecified atom stereocenters. The zero-order valence-corrected chi connectivity index (χ0v) is 8.69. The van der Waals surface area contributed by atoms with Gasteiger partial charge in [0.2, 0.25) is 0 Å². The van der Waals surface area contributed by atoms with E-state index in [1.54, 1.807) is 12.1 Å². The van der Waals surface area contributed by atoms with Crippen LogP contribution in [0.3, 0.4) is 0 Å². The first-order chi connectivity index (χ1) is 7.58. The molecule has 0 saturated carbocycles. The van der Waals surface area contributed by atoms with Gasteiger partial charge < -0.3 is 9.52 Å². The second kappa shape index (κ2) is 3.81. The Labute approximate surface area is 91.1 Å². The van der Waals surface area contributed by atoms with E-state index in [9.17, 15) is 9.59 Å². The lowest BCUT2D eigenvalue weighted by atomic mass is 10.1. The normalized spacial score (nSPS) is 10.6. The second-order valence-corrected chi connectivity index (χ2v) is 3.66. The molecule has 1 heterocycles. The molecule has 0 amide bonds. The lowest BCUT2D eigenvalue weighted by Crippen LogP contribution is -2.13. The molecule has 0 aliphatic rings. The molecule has 4 heteroatoms. The van der Waals surface area contributed by atoms with Crippen molar-refractivity contribution >= 4 is 16.9 Å². The van der Waals surface area contributed by atoms with E-state index < -0.39 is 5.97 Å². The number of hydrogen-bond donors (Lipinski definition) is 1. The van der Waals surface area contributed by atoms with Crippen LogP contribution in [0.15, 0.2) is 33.7 Å². The highest BCUT2D eigenvalue weighted by Gasteiger charge is 2.09. The number of aryl methyl sites for hydroxylation is 1. The van der Waals surface area contributed by atoms with E-state index in [1.165, 1.54) is 6.26 Å². The molecule has 82 valence electrons. The minimum Gasteiger partial charge on any atom is -0.481 e. The van der Waals surface area contributed by atoms with Crippen LogP contribution in [-0.2, 0) is 11.2 Å². The lowest BCUT2D eigenvalue weighted by Gasteiger charge is -2.00. The summed E-state index contributed by atoms with van der Waals surface area (Å²) in [4.78, 5) is 22.4. The Hall–Kier alpha value is -2.10. The minimum atomic E-state index is -1.04. The topological polar surface area (TPSA) is 67.5 Å². The Morgan fingerprint density at radius 3 is 2.88 bits per heavy atom. The molecule has 0 saturated heterocycles. The van der Waals surface area contributed by atoms with E-state index in [4.69, 9.17) is 9.52 Å². The van der Waals surface area contributed by atoms with E-state index in [2.05, 4.69) is 0 Å². The summed E-state index contributed by atoms with van der Waals surface area (Å²) in [6, 6.07) is 5.24. The van der Waals surface area contributed by atoms with Crippen molar-refractivity contribution in [1.82, 2.24) is 0 Å². The van der Waals surface area contributed by atoms with Crippen LogP contribution < -0.4 is 5.43 Å². The molecule has 0 fully saturated rings. The molecule has 0 aliphatic carbocycles. The van der Waals surface area contributed by atoms with Gasteiger partial charge in [-0.05, 0) is 19.1 Å². The first kappa shape index (κ1) is 10.4. The molecule has 2 aromatic rings. The zero-order chi connectivity index (χ0) is 11.7. The summed E-state index contributed by atoms with van der Waals surface area (Å²) in [5.41, 5.74) is 1.31. The standard InChI is InChI=1S/C12H10O4/c1-7-2-3-10-9(4-7)12(15)8(6-16-10)5-11(13)14/h2-4,6H,5H2,1H3,(H,13,14). The zero-order valence-electron chi connectivity index (χ0n) is 8.69. The van der Waals surface area contributed by atoms with Crippen molar-refractivity contribution in [2.45, 2.75) is 13.3 Å². The minimum absolute atomic E-state index is 0.172. The summed E-state index contributed by atoms with van der Waals surface area (Å²) in [6.07, 6.45) is 0.903. The molecule has 0 bridgehead atoms. The Bertz CT molecular complexity index is 610. The van der Waals surface area contributed by atoms with Gasteiger partial charge in [0.25, 0.3) is 0 Å². The fourth-order valence-electron chi connectivity index (χ4n) is 1.57. The van der Waals surface area contributed by atoms with E-state index in [0.717, 1.165) is 5.56 Å². The largest absolute Gasteiger partial charge is 0.481 e. The van der Waals surface area contributed by atoms with Crippen molar-refractivity contribution in [1.29, 1.82) is 0 Å². The second-order valence-electron chi connectivity index (χ2n) is 3.66. The third-order valence-electron chi connectivity index (χ3n) is 2.34. The van der Waals surface area contributed by atoms with E-state index in [1.807, 2.05) is 13.0 Å². The van der Waals surface area contributed by atoms with Gasteiger partial charge in [-0.2, -0.15) is 0 Å². The third kappa shape index (κ3) is 1.82. The monoisotopic (exact) mass is 218 g/mol. The van der Waals surface area contributed by atoms with Gasteiger partial charge in [0.05, 0.1) is 18.1 Å². The lowest BCUT2D eigenvalue weighted by molar-refractivity contribution is -0.136. The molecule has 1 aromatic heterocycles. The molecular weight excluding hydrogens is 208 g/mol. The van der Waals surface area contributed by atoms with Crippen LogP contribution in [0.5, 0.6) is 0 Å². The predicted octanol–water partition coefficient (Wildman–Crippen LogP) is 1.73. The number of hydrogen-bond acceptors (Lipinski definition) is 3. The molecular formula is C12H10O4. The Morgan fingerprint density at radius 2 is 2.19 bits per heavy atom. The smallest absolute Gasteiger partial charge is 0.308 e. The fourth-order valence-corrected chi connectivity index (χ4v) is 1.57. The quantitative estimate of drug-likeness (QED) is 0.833. The first-order valence-electron chi connectivity index (χ1n) is 4.81. The van der Waals surface area contributed by atoms with Gasteiger partial charge in [0.1, 0.15) is 5.58 Å². The molecule has 0 radical (unpaired) electrons. The summed E-state index contributed by atoms with van der Waals surface area (Å²) in [5.74, 6) is -1.04. The maximum atomic E-state index is 11.9. The highest BCUT2D eigenvalue weighted by atomic mass is 16.4. The summed E-state index contributed by atoms with van der Waals surface area (Å²) in [7, 11) is 0. The summed E-state index contributed by atoms with van der Waals surface area (Å²) in [5, 5.41) is 9.07. The van der Waals surface area contributed by atoms with Gasteiger partial charge in [-0.1, -0.05) is 11.6 Å². The van der Waals surface area contributed by atoms with Crippen molar-refractivity contribution in [3.8, 4) is 0 Å². The van der Waals surface area contributed by atoms with Gasteiger partial charge in [-0.3, -0.25) is 9.59 Å². The highest BCUT2D eigenvalue weighted by molar-refractivity contribution is 5.79. The van der Waals surface area contributed by atoms with Gasteiger partial charge in [0, 0.05) is 5.56 Å². The Balaban J connectivity index is 2.68. The molecule has 0 aliphatic heterocycles. The van der Waals surface area contributed by atoms with Crippen molar-refractivity contribution in [2.75, 3.05) is 0 Å². The highest BCUT2D eigenvalue weighted by Crippen LogP contribution is 2.13. The molecule has 4 nitrogen and oxygen atoms in total. The SMILES string of the molecule is Cc1ccc2occ(CC(=O)O)c(=O)c2c1. The summed E-state index contributed by atoms with van der Waals surface area (Å²) < 4.78 is 5.22. The molecule has 16 heavy (non-hydrogen) atoms. The van der Waals surface area contributed by atoms with E-state index in [0.29, 0.717) is 11.0 Å². The molecule has 1 N–H and O–H groups in total. The number of aliphatic carboxylic acids is 1. The van der Waals surface area contributed by atoms with Crippen LogP contribution in [0.2, 0.25) is 0 Å². The number of carboxylic acids is 1. The van der Waals surface area contributed by atoms with E-state index >= 15 is 0 Å². The summed E-state index contributed by atoms with van der Waals surface area (Å²) >= 11 is 0. The Morgan fingerprint density at radius 1 is 1.44 bits per heavy atom. The first-order valence-corrected chi connectivity index (χ1v) is 4.81. The molecule has 1 aromatic carbocycles. The number of fused-ring (bicyclic) bond motifs is 1. The van der Waals surface area contributed by atoms with E-state index in [-0.39, 0.29) is 17.4 Å². The van der Waals surface area contributed by atoms with Crippen LogP contribution in [0.25, 0.3) is 11.0 Å².